The first-order valence-electron chi connectivity index (χ1n) is 4.93. The summed E-state index contributed by atoms with van der Waals surface area (Å²) in [5.74, 6) is 0. The summed E-state index contributed by atoms with van der Waals surface area (Å²) in [6.07, 6.45) is 1.79. The molecule has 84 valence electrons. The van der Waals surface area contributed by atoms with E-state index in [4.69, 9.17) is 0 Å². The lowest BCUT2D eigenvalue weighted by Crippen LogP contribution is -1.91. The van der Waals surface area contributed by atoms with Crippen LogP contribution in [0.3, 0.4) is 0 Å². The number of fused-ring (bicyclic) bond motifs is 1. The number of aromatic nitrogens is 3. The maximum Gasteiger partial charge on any atom is 0.210 e. The normalized spacial score (nSPS) is 10.6. The fraction of sp³-hybridized carbons (Fsp3) is 0. The zero-order valence-electron chi connectivity index (χ0n) is 8.59. The van der Waals surface area contributed by atoms with Crippen LogP contribution in [0.15, 0.2) is 40.4 Å². The largest absolute Gasteiger partial charge is 0.329 e. The van der Waals surface area contributed by atoms with Crippen molar-refractivity contribution in [2.24, 2.45) is 0 Å². The summed E-state index contributed by atoms with van der Waals surface area (Å²) >= 11 is 4.74. The van der Waals surface area contributed by atoms with E-state index in [9.17, 15) is 0 Å². The fourth-order valence-corrected chi connectivity index (χ4v) is 2.61. The molecule has 17 heavy (non-hydrogen) atoms. The molecule has 0 amide bonds. The highest BCUT2D eigenvalue weighted by molar-refractivity contribution is 9.11. The molecule has 0 bridgehead atoms. The quantitative estimate of drug-likeness (QED) is 0.786. The Balaban J connectivity index is 2.05. The van der Waals surface area contributed by atoms with Crippen molar-refractivity contribution < 1.29 is 0 Å². The molecule has 0 saturated heterocycles. The molecule has 3 rings (SSSR count). The van der Waals surface area contributed by atoms with Gasteiger partial charge in [-0.25, -0.2) is 0 Å². The third-order valence-electron chi connectivity index (χ3n) is 2.29. The molecular weight excluding hydrogens is 300 g/mol. The van der Waals surface area contributed by atoms with Crippen LogP contribution in [0.4, 0.5) is 10.8 Å². The lowest BCUT2D eigenvalue weighted by Gasteiger charge is -2.05. The molecule has 0 unspecified atom stereocenters. The van der Waals surface area contributed by atoms with Crippen LogP contribution in [0.25, 0.3) is 10.9 Å². The van der Waals surface area contributed by atoms with E-state index in [1.807, 2.05) is 30.3 Å². The smallest absolute Gasteiger partial charge is 0.210 e. The molecule has 0 atom stereocenters. The predicted octanol–water partition coefficient (Wildman–Crippen LogP) is 3.59. The number of hydrogen-bond donors (Lipinski definition) is 1. The topological polar surface area (TPSA) is 50.7 Å². The molecule has 1 aromatic carbocycles. The molecule has 0 aliphatic heterocycles. The highest BCUT2D eigenvalue weighted by Crippen LogP contribution is 2.28. The minimum absolute atomic E-state index is 0.758. The van der Waals surface area contributed by atoms with E-state index in [-0.39, 0.29) is 0 Å². The predicted molar refractivity (Wildman–Crippen MR) is 72.6 cm³/mol. The monoisotopic (exact) mass is 306 g/mol. The Morgan fingerprint density at radius 1 is 1.12 bits per heavy atom. The Hall–Kier alpha value is -1.53. The second-order valence-electron chi connectivity index (χ2n) is 3.36. The van der Waals surface area contributed by atoms with E-state index in [2.05, 4.69) is 36.4 Å². The Bertz CT molecular complexity index is 662. The summed E-state index contributed by atoms with van der Waals surface area (Å²) in [7, 11) is 0. The standard InChI is InChI=1S/C11H7BrN4S/c12-10-15-16-11(17-10)14-9-5-1-4-8-7(9)3-2-6-13-8/h1-6H,(H,14,16). The van der Waals surface area contributed by atoms with Crippen molar-refractivity contribution in [2.75, 3.05) is 5.32 Å². The van der Waals surface area contributed by atoms with Gasteiger partial charge in [0.25, 0.3) is 0 Å². The Labute approximate surface area is 110 Å². The highest BCUT2D eigenvalue weighted by Gasteiger charge is 2.04. The van der Waals surface area contributed by atoms with Crippen molar-refractivity contribution in [3.8, 4) is 0 Å². The first-order valence-corrected chi connectivity index (χ1v) is 6.54. The number of rotatable bonds is 2. The average Bonchev–Trinajstić information content (AvgIpc) is 2.75. The number of halogens is 1. The second-order valence-corrected chi connectivity index (χ2v) is 5.61. The van der Waals surface area contributed by atoms with Crippen molar-refractivity contribution >= 4 is 49.0 Å². The molecule has 0 aliphatic rings. The fourth-order valence-electron chi connectivity index (χ4n) is 1.58. The second kappa shape index (κ2) is 4.38. The van der Waals surface area contributed by atoms with Crippen LogP contribution in [0, 0.1) is 0 Å². The zero-order chi connectivity index (χ0) is 11.7. The average molecular weight is 307 g/mol. The van der Waals surface area contributed by atoms with Gasteiger partial charge in [0.15, 0.2) is 3.92 Å². The van der Waals surface area contributed by atoms with Gasteiger partial charge in [-0.15, -0.1) is 10.2 Å². The number of hydrogen-bond acceptors (Lipinski definition) is 5. The molecule has 0 radical (unpaired) electrons. The van der Waals surface area contributed by atoms with Gasteiger partial charge in [-0.05, 0) is 40.2 Å². The molecule has 3 aromatic rings. The van der Waals surface area contributed by atoms with E-state index < -0.39 is 0 Å². The summed E-state index contributed by atoms with van der Waals surface area (Å²) < 4.78 is 0.762. The molecule has 4 nitrogen and oxygen atoms in total. The highest BCUT2D eigenvalue weighted by atomic mass is 79.9. The molecule has 6 heteroatoms. The minimum atomic E-state index is 0.758. The molecule has 0 saturated carbocycles. The van der Waals surface area contributed by atoms with Gasteiger partial charge in [0, 0.05) is 17.3 Å². The third kappa shape index (κ3) is 2.13. The van der Waals surface area contributed by atoms with Crippen LogP contribution in [0.1, 0.15) is 0 Å². The molecule has 0 fully saturated rings. The van der Waals surface area contributed by atoms with Gasteiger partial charge >= 0.3 is 0 Å². The van der Waals surface area contributed by atoms with Crippen molar-refractivity contribution in [1.29, 1.82) is 0 Å². The van der Waals surface area contributed by atoms with Crippen LogP contribution >= 0.6 is 27.3 Å². The van der Waals surface area contributed by atoms with Crippen molar-refractivity contribution in [1.82, 2.24) is 15.2 Å². The summed E-state index contributed by atoms with van der Waals surface area (Å²) in [6.45, 7) is 0. The lowest BCUT2D eigenvalue weighted by atomic mass is 10.2. The van der Waals surface area contributed by atoms with Crippen LogP contribution in [-0.2, 0) is 0 Å². The van der Waals surface area contributed by atoms with Gasteiger partial charge < -0.3 is 5.32 Å². The van der Waals surface area contributed by atoms with Crippen LogP contribution in [0.2, 0.25) is 0 Å². The third-order valence-corrected chi connectivity index (χ3v) is 3.56. The van der Waals surface area contributed by atoms with E-state index in [0.29, 0.717) is 0 Å². The molecule has 0 spiro atoms. The molecule has 1 N–H and O–H groups in total. The van der Waals surface area contributed by atoms with Crippen LogP contribution in [0.5, 0.6) is 0 Å². The van der Waals surface area contributed by atoms with Crippen molar-refractivity contribution in [3.05, 3.63) is 40.4 Å². The summed E-state index contributed by atoms with van der Waals surface area (Å²) in [5.41, 5.74) is 1.94. The van der Waals surface area contributed by atoms with Gasteiger partial charge in [-0.3, -0.25) is 4.98 Å². The molecule has 2 heterocycles. The van der Waals surface area contributed by atoms with Crippen LogP contribution < -0.4 is 5.32 Å². The number of nitrogens with zero attached hydrogens (tertiary/aromatic N) is 3. The zero-order valence-corrected chi connectivity index (χ0v) is 11.0. The molecule has 0 aliphatic carbocycles. The van der Waals surface area contributed by atoms with Gasteiger partial charge in [-0.2, -0.15) is 0 Å². The van der Waals surface area contributed by atoms with Gasteiger partial charge in [0.1, 0.15) is 0 Å². The number of benzene rings is 1. The Morgan fingerprint density at radius 2 is 2.06 bits per heavy atom. The van der Waals surface area contributed by atoms with Crippen LogP contribution in [-0.4, -0.2) is 15.2 Å². The summed E-state index contributed by atoms with van der Waals surface area (Å²) in [4.78, 5) is 4.31. The first-order chi connectivity index (χ1) is 8.33. The van der Waals surface area contributed by atoms with E-state index in [0.717, 1.165) is 25.6 Å². The number of pyridine rings is 1. The minimum Gasteiger partial charge on any atom is -0.329 e. The van der Waals surface area contributed by atoms with Gasteiger partial charge in [-0.1, -0.05) is 17.4 Å². The number of nitrogens with one attached hydrogen (secondary N) is 1. The molecular formula is C11H7BrN4S. The molecule has 2 aromatic heterocycles. The maximum absolute atomic E-state index is 4.31. The Kier molecular flexibility index (Phi) is 2.74. The van der Waals surface area contributed by atoms with E-state index in [1.54, 1.807) is 6.20 Å². The van der Waals surface area contributed by atoms with E-state index in [1.165, 1.54) is 11.3 Å². The number of anilines is 2. The van der Waals surface area contributed by atoms with Gasteiger partial charge in [0.2, 0.25) is 5.13 Å². The summed E-state index contributed by atoms with van der Waals surface area (Å²) in [6, 6.07) is 9.90. The summed E-state index contributed by atoms with van der Waals surface area (Å²) in [5, 5.41) is 13.0. The Morgan fingerprint density at radius 3 is 2.88 bits per heavy atom. The van der Waals surface area contributed by atoms with Gasteiger partial charge in [0.05, 0.1) is 5.52 Å². The maximum atomic E-state index is 4.31. The van der Waals surface area contributed by atoms with E-state index >= 15 is 0 Å². The first kappa shape index (κ1) is 10.6. The van der Waals surface area contributed by atoms with Crippen molar-refractivity contribution in [2.45, 2.75) is 0 Å². The lowest BCUT2D eigenvalue weighted by molar-refractivity contribution is 1.07. The van der Waals surface area contributed by atoms with Crippen molar-refractivity contribution in [3.63, 3.8) is 0 Å². The SMILES string of the molecule is Brc1nnc(Nc2cccc3ncccc23)s1.